The molecule has 1 amide bonds. The predicted molar refractivity (Wildman–Crippen MR) is 117 cm³/mol. The Morgan fingerprint density at radius 1 is 1.32 bits per heavy atom. The number of fused-ring (bicyclic) bond motifs is 1. The van der Waals surface area contributed by atoms with Crippen molar-refractivity contribution in [1.82, 2.24) is 24.9 Å². The lowest BCUT2D eigenvalue weighted by Gasteiger charge is -2.23. The number of hydrogen-bond donors (Lipinski definition) is 4. The van der Waals surface area contributed by atoms with E-state index in [1.807, 2.05) is 13.8 Å². The first-order valence-electron chi connectivity index (χ1n) is 10.2. The Morgan fingerprint density at radius 3 is 2.81 bits per heavy atom. The third-order valence-corrected chi connectivity index (χ3v) is 4.89. The van der Waals surface area contributed by atoms with Crippen LogP contribution in [0, 0.1) is 0 Å². The van der Waals surface area contributed by atoms with E-state index in [2.05, 4.69) is 31.0 Å². The van der Waals surface area contributed by atoms with Crippen LogP contribution in [-0.4, -0.2) is 55.0 Å². The number of amides is 1. The summed E-state index contributed by atoms with van der Waals surface area (Å²) in [5.74, 6) is 0.603. The molecule has 9 nitrogen and oxygen atoms in total. The second kappa shape index (κ2) is 9.25. The van der Waals surface area contributed by atoms with Gasteiger partial charge >= 0.3 is 0 Å². The highest BCUT2D eigenvalue weighted by atomic mass is 19.1. The molecule has 0 saturated carbocycles. The minimum absolute atomic E-state index is 0.105. The fourth-order valence-corrected chi connectivity index (χ4v) is 2.73. The van der Waals surface area contributed by atoms with Crippen LogP contribution < -0.4 is 16.0 Å². The lowest BCUT2D eigenvalue weighted by atomic mass is 10.0. The first kappa shape index (κ1) is 22.4. The molecule has 3 aromatic heterocycles. The highest BCUT2D eigenvalue weighted by Crippen LogP contribution is 2.23. The molecule has 0 radical (unpaired) electrons. The van der Waals surface area contributed by atoms with Gasteiger partial charge in [0.15, 0.2) is 5.65 Å². The lowest BCUT2D eigenvalue weighted by Crippen LogP contribution is -2.42. The third kappa shape index (κ3) is 5.66. The number of alkyl halides is 1. The summed E-state index contributed by atoms with van der Waals surface area (Å²) in [5, 5.41) is 22.8. The van der Waals surface area contributed by atoms with Crippen molar-refractivity contribution in [2.45, 2.75) is 51.9 Å². The normalized spacial score (nSPS) is 13.6. The number of anilines is 3. The van der Waals surface area contributed by atoms with Crippen molar-refractivity contribution in [3.05, 3.63) is 42.4 Å². The molecular weight excluding hydrogens is 401 g/mol. The minimum atomic E-state index is -1.60. The number of nitrogens with zero attached hydrogens (tertiary/aromatic N) is 4. The maximum atomic E-state index is 14.0. The van der Waals surface area contributed by atoms with E-state index in [9.17, 15) is 14.3 Å². The van der Waals surface area contributed by atoms with Gasteiger partial charge in [0.2, 0.25) is 0 Å². The number of nitrogens with one attached hydrogen (secondary N) is 3. The SMILES string of the molecule is CCC(C)Nc1cc(Nc2ccn3nccc3n2)ncc1C(=O)NCC(F)C(C)(C)O. The number of hydrogen-bond acceptors (Lipinski definition) is 7. The van der Waals surface area contributed by atoms with Crippen molar-refractivity contribution < 1.29 is 14.3 Å². The standard InChI is InChI=1S/C21H28FN7O2/c1-5-13(2)26-15-10-18(27-17-7-9-29-19(28-17)6-8-25-29)23-11-14(15)20(30)24-12-16(22)21(3,4)31/h6-11,13,16,31H,5,12H2,1-4H3,(H,24,30)(H2,23,26,27,28). The summed E-state index contributed by atoms with van der Waals surface area (Å²) in [7, 11) is 0. The first-order chi connectivity index (χ1) is 14.7. The Bertz CT molecular complexity index is 1050. The van der Waals surface area contributed by atoms with Crippen LogP contribution in [-0.2, 0) is 0 Å². The zero-order chi connectivity index (χ0) is 22.6. The number of aromatic nitrogens is 4. The Labute approximate surface area is 180 Å². The van der Waals surface area contributed by atoms with Gasteiger partial charge in [0, 0.05) is 30.6 Å². The average Bonchev–Trinajstić information content (AvgIpc) is 3.19. The molecule has 0 bridgehead atoms. The minimum Gasteiger partial charge on any atom is -0.387 e. The monoisotopic (exact) mass is 429 g/mol. The second-order valence-electron chi connectivity index (χ2n) is 7.97. The third-order valence-electron chi connectivity index (χ3n) is 4.89. The summed E-state index contributed by atoms with van der Waals surface area (Å²) < 4.78 is 15.7. The summed E-state index contributed by atoms with van der Waals surface area (Å²) in [5.41, 5.74) is -0.00578. The molecule has 166 valence electrons. The maximum Gasteiger partial charge on any atom is 0.255 e. The van der Waals surface area contributed by atoms with Crippen LogP contribution >= 0.6 is 0 Å². The average molecular weight is 430 g/mol. The van der Waals surface area contributed by atoms with Crippen molar-refractivity contribution in [1.29, 1.82) is 0 Å². The van der Waals surface area contributed by atoms with Gasteiger partial charge in [-0.15, -0.1) is 0 Å². The molecule has 0 aliphatic heterocycles. The van der Waals surface area contributed by atoms with Gasteiger partial charge in [-0.2, -0.15) is 5.10 Å². The Morgan fingerprint density at radius 2 is 2.10 bits per heavy atom. The number of carbonyl (C=O) groups excluding carboxylic acids is 1. The quantitative estimate of drug-likeness (QED) is 0.413. The van der Waals surface area contributed by atoms with Crippen molar-refractivity contribution in [2.75, 3.05) is 17.2 Å². The zero-order valence-electron chi connectivity index (χ0n) is 18.1. The highest BCUT2D eigenvalue weighted by Gasteiger charge is 2.27. The molecule has 0 spiro atoms. The van der Waals surface area contributed by atoms with E-state index in [1.165, 1.54) is 20.0 Å². The largest absolute Gasteiger partial charge is 0.387 e. The first-order valence-corrected chi connectivity index (χ1v) is 10.2. The van der Waals surface area contributed by atoms with Gasteiger partial charge in [-0.3, -0.25) is 4.79 Å². The number of aliphatic hydroxyl groups is 1. The summed E-state index contributed by atoms with van der Waals surface area (Å²) >= 11 is 0. The summed E-state index contributed by atoms with van der Waals surface area (Å²) in [4.78, 5) is 21.4. The molecule has 31 heavy (non-hydrogen) atoms. The van der Waals surface area contributed by atoms with Crippen molar-refractivity contribution in [2.24, 2.45) is 0 Å². The van der Waals surface area contributed by atoms with Crippen molar-refractivity contribution >= 4 is 28.9 Å². The Hall–Kier alpha value is -3.27. The molecule has 4 N–H and O–H groups in total. The van der Waals surface area contributed by atoms with E-state index in [4.69, 9.17) is 0 Å². The Kier molecular flexibility index (Phi) is 6.69. The van der Waals surface area contributed by atoms with E-state index in [0.29, 0.717) is 23.0 Å². The van der Waals surface area contributed by atoms with Gasteiger partial charge in [-0.1, -0.05) is 6.92 Å². The molecular formula is C21H28FN7O2. The number of rotatable bonds is 9. The molecule has 0 fully saturated rings. The summed E-state index contributed by atoms with van der Waals surface area (Å²) in [6, 6.07) is 5.37. The van der Waals surface area contributed by atoms with Crippen LogP contribution in [0.3, 0.4) is 0 Å². The fourth-order valence-electron chi connectivity index (χ4n) is 2.73. The molecule has 3 aromatic rings. The summed E-state index contributed by atoms with van der Waals surface area (Å²) in [6.45, 7) is 6.43. The van der Waals surface area contributed by atoms with Crippen molar-refractivity contribution in [3.63, 3.8) is 0 Å². The van der Waals surface area contributed by atoms with E-state index >= 15 is 0 Å². The second-order valence-corrected chi connectivity index (χ2v) is 7.97. The zero-order valence-corrected chi connectivity index (χ0v) is 18.1. The number of halogens is 1. The number of carbonyl (C=O) groups is 1. The number of pyridine rings is 1. The van der Waals surface area contributed by atoms with Crippen LogP contribution in [0.5, 0.6) is 0 Å². The molecule has 0 aliphatic carbocycles. The predicted octanol–water partition coefficient (Wildman–Crippen LogP) is 2.92. The van der Waals surface area contributed by atoms with E-state index < -0.39 is 17.7 Å². The van der Waals surface area contributed by atoms with Crippen LogP contribution in [0.25, 0.3) is 5.65 Å². The van der Waals surface area contributed by atoms with Crippen LogP contribution in [0.1, 0.15) is 44.5 Å². The van der Waals surface area contributed by atoms with Gasteiger partial charge in [-0.25, -0.2) is 18.9 Å². The molecule has 0 saturated heterocycles. The topological polar surface area (TPSA) is 116 Å². The van der Waals surface area contributed by atoms with E-state index in [1.54, 1.807) is 35.1 Å². The molecule has 3 rings (SSSR count). The van der Waals surface area contributed by atoms with Crippen LogP contribution in [0.2, 0.25) is 0 Å². The maximum absolute atomic E-state index is 14.0. The van der Waals surface area contributed by atoms with E-state index in [0.717, 1.165) is 6.42 Å². The van der Waals surface area contributed by atoms with Gasteiger partial charge < -0.3 is 21.1 Å². The summed E-state index contributed by atoms with van der Waals surface area (Å²) in [6.07, 6.45) is 4.11. The molecule has 3 heterocycles. The van der Waals surface area contributed by atoms with Gasteiger partial charge in [0.25, 0.3) is 5.91 Å². The Balaban J connectivity index is 1.81. The van der Waals surface area contributed by atoms with Crippen LogP contribution in [0.15, 0.2) is 36.8 Å². The highest BCUT2D eigenvalue weighted by molar-refractivity contribution is 5.99. The van der Waals surface area contributed by atoms with E-state index in [-0.39, 0.29) is 18.2 Å². The van der Waals surface area contributed by atoms with Gasteiger partial charge in [0.05, 0.1) is 29.6 Å². The molecule has 2 atom stereocenters. The molecule has 10 heteroatoms. The lowest BCUT2D eigenvalue weighted by molar-refractivity contribution is -0.00177. The van der Waals surface area contributed by atoms with Crippen LogP contribution in [0.4, 0.5) is 21.7 Å². The van der Waals surface area contributed by atoms with Crippen molar-refractivity contribution in [3.8, 4) is 0 Å². The molecule has 2 unspecified atom stereocenters. The molecule has 0 aromatic carbocycles. The van der Waals surface area contributed by atoms with Gasteiger partial charge in [0.1, 0.15) is 17.8 Å². The smallest absolute Gasteiger partial charge is 0.255 e. The molecule has 0 aliphatic rings. The fraction of sp³-hybridized carbons (Fsp3) is 0.429. The van der Waals surface area contributed by atoms with Gasteiger partial charge in [-0.05, 0) is 33.3 Å².